The molecule has 7 heteroatoms. The lowest BCUT2D eigenvalue weighted by atomic mass is 9.64. The van der Waals surface area contributed by atoms with Crippen molar-refractivity contribution in [2.75, 3.05) is 16.3 Å². The Bertz CT molecular complexity index is 616. The van der Waals surface area contributed by atoms with Crippen LogP contribution in [0, 0.1) is 5.41 Å². The molecule has 1 aliphatic rings. The van der Waals surface area contributed by atoms with Gasteiger partial charge in [-0.3, -0.25) is 4.72 Å². The van der Waals surface area contributed by atoms with E-state index < -0.39 is 10.0 Å². The molecule has 1 aromatic rings. The lowest BCUT2D eigenvalue weighted by molar-refractivity contribution is -0.0510. The van der Waals surface area contributed by atoms with E-state index in [1.54, 1.807) is 18.2 Å². The van der Waals surface area contributed by atoms with Gasteiger partial charge in [-0.1, -0.05) is 25.4 Å². The van der Waals surface area contributed by atoms with Crippen molar-refractivity contribution in [3.8, 4) is 0 Å². The van der Waals surface area contributed by atoms with Gasteiger partial charge in [0.1, 0.15) is 0 Å². The molecular formula is C13H19ClN2O3S. The topological polar surface area (TPSA) is 78.4 Å². The van der Waals surface area contributed by atoms with Crippen molar-refractivity contribution in [2.45, 2.75) is 32.4 Å². The fourth-order valence-electron chi connectivity index (χ4n) is 2.24. The van der Waals surface area contributed by atoms with Crippen LogP contribution in [0.2, 0.25) is 5.02 Å². The van der Waals surface area contributed by atoms with Crippen LogP contribution in [0.5, 0.6) is 0 Å². The summed E-state index contributed by atoms with van der Waals surface area (Å²) in [5, 5.41) is 13.3. The number of hydrogen-bond donors (Lipinski definition) is 3. The maximum Gasteiger partial charge on any atom is 0.229 e. The maximum absolute atomic E-state index is 11.2. The van der Waals surface area contributed by atoms with E-state index in [0.29, 0.717) is 17.1 Å². The van der Waals surface area contributed by atoms with E-state index in [2.05, 4.69) is 10.0 Å². The Kier molecular flexibility index (Phi) is 3.92. The monoisotopic (exact) mass is 318 g/mol. The molecule has 0 amide bonds. The van der Waals surface area contributed by atoms with Crippen molar-refractivity contribution in [2.24, 2.45) is 5.41 Å². The van der Waals surface area contributed by atoms with Crippen molar-refractivity contribution in [3.63, 3.8) is 0 Å². The molecule has 0 bridgehead atoms. The van der Waals surface area contributed by atoms with Crippen LogP contribution < -0.4 is 10.0 Å². The summed E-state index contributed by atoms with van der Waals surface area (Å²) in [5.41, 5.74) is 0.975. The fourth-order valence-corrected chi connectivity index (χ4v) is 3.10. The molecule has 3 N–H and O–H groups in total. The predicted octanol–water partition coefficient (Wildman–Crippen LogP) is 2.28. The number of anilines is 2. The quantitative estimate of drug-likeness (QED) is 0.796. The number of sulfonamides is 1. The highest BCUT2D eigenvalue weighted by molar-refractivity contribution is 7.92. The number of rotatable bonds is 4. The zero-order valence-electron chi connectivity index (χ0n) is 11.6. The van der Waals surface area contributed by atoms with Gasteiger partial charge >= 0.3 is 0 Å². The highest BCUT2D eigenvalue weighted by Gasteiger charge is 2.47. The van der Waals surface area contributed by atoms with E-state index >= 15 is 0 Å². The standard InChI is InChI=1S/C13H19ClN2O3S/c1-13(2)11(7-12(13)17)15-8-4-5-10(9(14)6-8)16-20(3,18)19/h4-6,11-12,15-17H,7H2,1-3H3. The number of aliphatic hydroxyl groups is 1. The van der Waals surface area contributed by atoms with Crippen LogP contribution in [0.25, 0.3) is 0 Å². The molecule has 2 atom stereocenters. The van der Waals surface area contributed by atoms with Gasteiger partial charge in [-0.05, 0) is 24.6 Å². The smallest absolute Gasteiger partial charge is 0.229 e. The van der Waals surface area contributed by atoms with Crippen molar-refractivity contribution >= 4 is 33.0 Å². The molecule has 1 fully saturated rings. The second kappa shape index (κ2) is 5.09. The van der Waals surface area contributed by atoms with Gasteiger partial charge < -0.3 is 10.4 Å². The third-order valence-corrected chi connectivity index (χ3v) is 4.72. The lowest BCUT2D eigenvalue weighted by Gasteiger charge is -2.49. The number of hydrogen-bond acceptors (Lipinski definition) is 4. The lowest BCUT2D eigenvalue weighted by Crippen LogP contribution is -2.56. The molecule has 0 heterocycles. The molecule has 1 aromatic carbocycles. The van der Waals surface area contributed by atoms with Gasteiger partial charge in [-0.25, -0.2) is 8.42 Å². The largest absolute Gasteiger partial charge is 0.392 e. The Balaban J connectivity index is 2.10. The molecule has 0 spiro atoms. The third-order valence-electron chi connectivity index (χ3n) is 3.82. The molecule has 112 valence electrons. The van der Waals surface area contributed by atoms with Crippen LogP contribution in [0.15, 0.2) is 18.2 Å². The zero-order valence-corrected chi connectivity index (χ0v) is 13.2. The first-order valence-corrected chi connectivity index (χ1v) is 8.58. The zero-order chi connectivity index (χ0) is 15.1. The van der Waals surface area contributed by atoms with Gasteiger partial charge in [-0.15, -0.1) is 0 Å². The van der Waals surface area contributed by atoms with Crippen LogP contribution >= 0.6 is 11.6 Å². The van der Waals surface area contributed by atoms with Gasteiger partial charge in [0.2, 0.25) is 10.0 Å². The Hall–Kier alpha value is -0.980. The minimum atomic E-state index is -3.34. The number of benzene rings is 1. The molecule has 2 unspecified atom stereocenters. The average molecular weight is 319 g/mol. The summed E-state index contributed by atoms with van der Waals surface area (Å²) in [4.78, 5) is 0. The van der Waals surface area contributed by atoms with Crippen molar-refractivity contribution in [1.29, 1.82) is 0 Å². The Labute approximate surface area is 124 Å². The van der Waals surface area contributed by atoms with Crippen LogP contribution in [-0.2, 0) is 10.0 Å². The first-order chi connectivity index (χ1) is 9.09. The molecule has 5 nitrogen and oxygen atoms in total. The number of nitrogens with one attached hydrogen (secondary N) is 2. The van der Waals surface area contributed by atoms with E-state index in [1.165, 1.54) is 0 Å². The van der Waals surface area contributed by atoms with Crippen molar-refractivity contribution in [3.05, 3.63) is 23.2 Å². The third kappa shape index (κ3) is 3.19. The van der Waals surface area contributed by atoms with Gasteiger partial charge in [0.05, 0.1) is 23.1 Å². The molecule has 1 aliphatic carbocycles. The second-order valence-corrected chi connectivity index (χ2v) is 7.99. The average Bonchev–Trinajstić information content (AvgIpc) is 2.31. The summed E-state index contributed by atoms with van der Waals surface area (Å²) in [5.74, 6) is 0. The van der Waals surface area contributed by atoms with Gasteiger partial charge in [0.25, 0.3) is 0 Å². The van der Waals surface area contributed by atoms with E-state index in [1.807, 2.05) is 13.8 Å². The summed E-state index contributed by atoms with van der Waals surface area (Å²) < 4.78 is 24.7. The van der Waals surface area contributed by atoms with Crippen LogP contribution in [0.3, 0.4) is 0 Å². The number of aliphatic hydroxyl groups excluding tert-OH is 1. The molecule has 2 rings (SSSR count). The van der Waals surface area contributed by atoms with Gasteiger partial charge in [0, 0.05) is 17.1 Å². The molecule has 1 saturated carbocycles. The Morgan fingerprint density at radius 3 is 2.50 bits per heavy atom. The molecule has 0 aliphatic heterocycles. The predicted molar refractivity (Wildman–Crippen MR) is 81.7 cm³/mol. The first kappa shape index (κ1) is 15.4. The summed E-state index contributed by atoms with van der Waals surface area (Å²) in [6.07, 6.45) is 1.46. The molecule has 0 aromatic heterocycles. The van der Waals surface area contributed by atoms with E-state index in [9.17, 15) is 13.5 Å². The minimum absolute atomic E-state index is 0.169. The maximum atomic E-state index is 11.2. The van der Waals surface area contributed by atoms with Crippen LogP contribution in [0.4, 0.5) is 11.4 Å². The van der Waals surface area contributed by atoms with Gasteiger partial charge in [-0.2, -0.15) is 0 Å². The van der Waals surface area contributed by atoms with E-state index in [4.69, 9.17) is 11.6 Å². The van der Waals surface area contributed by atoms with Crippen molar-refractivity contribution < 1.29 is 13.5 Å². The summed E-state index contributed by atoms with van der Waals surface area (Å²) in [6, 6.07) is 5.23. The minimum Gasteiger partial charge on any atom is -0.392 e. The molecular weight excluding hydrogens is 300 g/mol. The molecule has 0 saturated heterocycles. The summed E-state index contributed by atoms with van der Waals surface area (Å²) >= 11 is 6.06. The second-order valence-electron chi connectivity index (χ2n) is 5.84. The fraction of sp³-hybridized carbons (Fsp3) is 0.538. The van der Waals surface area contributed by atoms with E-state index in [-0.39, 0.29) is 17.6 Å². The van der Waals surface area contributed by atoms with Crippen molar-refractivity contribution in [1.82, 2.24) is 0 Å². The van der Waals surface area contributed by atoms with Gasteiger partial charge in [0.15, 0.2) is 0 Å². The molecule has 20 heavy (non-hydrogen) atoms. The van der Waals surface area contributed by atoms with E-state index in [0.717, 1.165) is 11.9 Å². The summed E-state index contributed by atoms with van der Waals surface area (Å²) in [7, 11) is -3.34. The summed E-state index contributed by atoms with van der Waals surface area (Å²) in [6.45, 7) is 4.00. The highest BCUT2D eigenvalue weighted by atomic mass is 35.5. The van der Waals surface area contributed by atoms with Crippen LogP contribution in [0.1, 0.15) is 20.3 Å². The Morgan fingerprint density at radius 1 is 1.40 bits per heavy atom. The Morgan fingerprint density at radius 2 is 2.05 bits per heavy atom. The SMILES string of the molecule is CC1(C)C(O)CC1Nc1ccc(NS(C)(=O)=O)c(Cl)c1. The molecule has 0 radical (unpaired) electrons. The highest BCUT2D eigenvalue weighted by Crippen LogP contribution is 2.42. The number of halogens is 1. The van der Waals surface area contributed by atoms with Crippen LogP contribution in [-0.4, -0.2) is 31.9 Å². The first-order valence-electron chi connectivity index (χ1n) is 6.31. The normalized spacial score (nSPS) is 24.9.